The monoisotopic (exact) mass is 312 g/mol. The van der Waals surface area contributed by atoms with Gasteiger partial charge in [-0.3, -0.25) is 4.79 Å². The Morgan fingerprint density at radius 3 is 2.71 bits per heavy atom. The highest BCUT2D eigenvalue weighted by molar-refractivity contribution is 7.92. The summed E-state index contributed by atoms with van der Waals surface area (Å²) in [5.41, 5.74) is 1.60. The van der Waals surface area contributed by atoms with Crippen molar-refractivity contribution < 1.29 is 17.9 Å². The number of nitrogens with one attached hydrogen (secondary N) is 1. The van der Waals surface area contributed by atoms with E-state index in [1.807, 2.05) is 18.2 Å². The van der Waals surface area contributed by atoms with Gasteiger partial charge in [0.2, 0.25) is 5.91 Å². The number of morpholine rings is 1. The Hall–Kier alpha value is -1.60. The first-order valence-corrected chi connectivity index (χ1v) is 8.75. The molecule has 1 aromatic carbocycles. The number of carbonyl (C=O) groups excluding carboxylic acids is 1. The molecule has 7 heteroatoms. The number of ether oxygens (including phenoxy) is 1. The molecular weight excluding hydrogens is 292 g/mol. The van der Waals surface area contributed by atoms with Gasteiger partial charge in [-0.2, -0.15) is 0 Å². The minimum absolute atomic E-state index is 0.0335. The third-order valence-corrected chi connectivity index (χ3v) is 4.88. The molecule has 2 rings (SSSR count). The fraction of sp³-hybridized carbons (Fsp3) is 0.500. The summed E-state index contributed by atoms with van der Waals surface area (Å²) in [6.07, 6.45) is 0. The molecule has 0 aromatic heterocycles. The van der Waals surface area contributed by atoms with Gasteiger partial charge in [0.25, 0.3) is 0 Å². The fourth-order valence-corrected chi connectivity index (χ4v) is 2.78. The Labute approximate surface area is 125 Å². The van der Waals surface area contributed by atoms with Crippen LogP contribution in [0.4, 0.5) is 11.4 Å². The maximum Gasteiger partial charge on any atom is 0.239 e. The van der Waals surface area contributed by atoms with Crippen molar-refractivity contribution in [3.63, 3.8) is 0 Å². The summed E-state index contributed by atoms with van der Waals surface area (Å²) < 4.78 is 28.2. The van der Waals surface area contributed by atoms with E-state index in [1.54, 1.807) is 6.07 Å². The number of anilines is 2. The highest BCUT2D eigenvalue weighted by Gasteiger charge is 2.15. The minimum atomic E-state index is -3.31. The molecule has 0 radical (unpaired) electrons. The van der Waals surface area contributed by atoms with Crippen molar-refractivity contribution in [2.24, 2.45) is 0 Å². The second-order valence-electron chi connectivity index (χ2n) is 4.87. The quantitative estimate of drug-likeness (QED) is 0.874. The van der Waals surface area contributed by atoms with Gasteiger partial charge in [-0.15, -0.1) is 0 Å². The van der Waals surface area contributed by atoms with Crippen LogP contribution in [0.1, 0.15) is 6.92 Å². The van der Waals surface area contributed by atoms with Crippen LogP contribution in [0.3, 0.4) is 0 Å². The lowest BCUT2D eigenvalue weighted by Crippen LogP contribution is -2.36. The van der Waals surface area contributed by atoms with Gasteiger partial charge < -0.3 is 15.0 Å². The molecule has 0 bridgehead atoms. The number of carbonyl (C=O) groups is 1. The molecule has 1 aliphatic heterocycles. The van der Waals surface area contributed by atoms with Crippen LogP contribution in [0.15, 0.2) is 24.3 Å². The Kier molecular flexibility index (Phi) is 5.19. The Bertz CT molecular complexity index is 595. The molecule has 0 atom stereocenters. The summed E-state index contributed by atoms with van der Waals surface area (Å²) in [6.45, 7) is 4.52. The number of rotatable bonds is 5. The maximum absolute atomic E-state index is 11.8. The standard InChI is InChI=1S/C14H20N2O4S/c1-2-21(18,19)11-14(17)15-12-4-3-5-13(10-12)16-6-8-20-9-7-16/h3-5,10H,2,6-9,11H2,1H3,(H,15,17). The van der Waals surface area contributed by atoms with Crippen molar-refractivity contribution in [3.05, 3.63) is 24.3 Å². The third-order valence-electron chi connectivity index (χ3n) is 3.30. The van der Waals surface area contributed by atoms with Crippen LogP contribution in [0.25, 0.3) is 0 Å². The summed E-state index contributed by atoms with van der Waals surface area (Å²) in [5.74, 6) is -1.02. The average molecular weight is 312 g/mol. The molecule has 0 unspecified atom stereocenters. The van der Waals surface area contributed by atoms with Crippen LogP contribution in [-0.2, 0) is 19.4 Å². The summed E-state index contributed by atoms with van der Waals surface area (Å²) in [7, 11) is -3.31. The van der Waals surface area contributed by atoms with Gasteiger partial charge in [0.1, 0.15) is 5.75 Å². The minimum Gasteiger partial charge on any atom is -0.378 e. The van der Waals surface area contributed by atoms with Gasteiger partial charge in [-0.05, 0) is 18.2 Å². The number of nitrogens with zero attached hydrogens (tertiary/aromatic N) is 1. The first-order chi connectivity index (χ1) is 10.00. The van der Waals surface area contributed by atoms with Crippen LogP contribution in [-0.4, -0.2) is 52.1 Å². The molecule has 116 valence electrons. The van der Waals surface area contributed by atoms with Gasteiger partial charge >= 0.3 is 0 Å². The van der Waals surface area contributed by atoms with Gasteiger partial charge in [-0.1, -0.05) is 13.0 Å². The lowest BCUT2D eigenvalue weighted by Gasteiger charge is -2.29. The van der Waals surface area contributed by atoms with Crippen LogP contribution in [0, 0.1) is 0 Å². The summed E-state index contributed by atoms with van der Waals surface area (Å²) >= 11 is 0. The molecule has 1 heterocycles. The highest BCUT2D eigenvalue weighted by Crippen LogP contribution is 2.20. The van der Waals surface area contributed by atoms with E-state index in [1.165, 1.54) is 6.92 Å². The first-order valence-electron chi connectivity index (χ1n) is 6.93. The Morgan fingerprint density at radius 2 is 2.05 bits per heavy atom. The van der Waals surface area contributed by atoms with Crippen LogP contribution >= 0.6 is 0 Å². The normalized spacial score (nSPS) is 15.8. The lowest BCUT2D eigenvalue weighted by atomic mass is 10.2. The van der Waals surface area contributed by atoms with Gasteiger partial charge in [0.15, 0.2) is 9.84 Å². The molecule has 1 saturated heterocycles. The maximum atomic E-state index is 11.8. The number of benzene rings is 1. The smallest absolute Gasteiger partial charge is 0.239 e. The van der Waals surface area contributed by atoms with E-state index in [0.29, 0.717) is 18.9 Å². The zero-order valence-corrected chi connectivity index (χ0v) is 12.9. The molecule has 1 fully saturated rings. The molecule has 0 saturated carbocycles. The van der Waals surface area contributed by atoms with Crippen LogP contribution in [0.5, 0.6) is 0 Å². The van der Waals surface area contributed by atoms with Crippen molar-refractivity contribution in [2.75, 3.05) is 48.0 Å². The molecule has 21 heavy (non-hydrogen) atoms. The second-order valence-corrected chi connectivity index (χ2v) is 7.23. The number of sulfone groups is 1. The number of hydrogen-bond donors (Lipinski definition) is 1. The van der Waals surface area contributed by atoms with E-state index in [2.05, 4.69) is 10.2 Å². The second kappa shape index (κ2) is 6.91. The van der Waals surface area contributed by atoms with E-state index in [9.17, 15) is 13.2 Å². The van der Waals surface area contributed by atoms with E-state index in [4.69, 9.17) is 4.74 Å². The Balaban J connectivity index is 2.02. The average Bonchev–Trinajstić information content (AvgIpc) is 2.48. The van der Waals surface area contributed by atoms with Gasteiger partial charge in [0, 0.05) is 30.2 Å². The first kappa shape index (κ1) is 15.8. The van der Waals surface area contributed by atoms with E-state index < -0.39 is 21.5 Å². The summed E-state index contributed by atoms with van der Waals surface area (Å²) in [6, 6.07) is 7.40. The summed E-state index contributed by atoms with van der Waals surface area (Å²) in [4.78, 5) is 13.9. The van der Waals surface area contributed by atoms with E-state index in [-0.39, 0.29) is 5.75 Å². The van der Waals surface area contributed by atoms with Crippen LogP contribution < -0.4 is 10.2 Å². The molecule has 6 nitrogen and oxygen atoms in total. The highest BCUT2D eigenvalue weighted by atomic mass is 32.2. The molecule has 1 amide bonds. The molecule has 1 N–H and O–H groups in total. The van der Waals surface area contributed by atoms with Crippen molar-refractivity contribution in [3.8, 4) is 0 Å². The number of hydrogen-bond acceptors (Lipinski definition) is 5. The van der Waals surface area contributed by atoms with Crippen molar-refractivity contribution in [1.82, 2.24) is 0 Å². The fourth-order valence-electron chi connectivity index (χ4n) is 2.10. The molecule has 1 aliphatic rings. The molecular formula is C14H20N2O4S. The lowest BCUT2D eigenvalue weighted by molar-refractivity contribution is -0.113. The topological polar surface area (TPSA) is 75.7 Å². The third kappa shape index (κ3) is 4.71. The van der Waals surface area contributed by atoms with E-state index >= 15 is 0 Å². The Morgan fingerprint density at radius 1 is 1.33 bits per heavy atom. The molecule has 0 spiro atoms. The number of amides is 1. The van der Waals surface area contributed by atoms with Crippen molar-refractivity contribution in [1.29, 1.82) is 0 Å². The summed E-state index contributed by atoms with van der Waals surface area (Å²) in [5, 5.41) is 2.64. The van der Waals surface area contributed by atoms with Crippen LogP contribution in [0.2, 0.25) is 0 Å². The van der Waals surface area contributed by atoms with Gasteiger partial charge in [-0.25, -0.2) is 8.42 Å². The van der Waals surface area contributed by atoms with Crippen molar-refractivity contribution >= 4 is 27.1 Å². The largest absolute Gasteiger partial charge is 0.378 e. The molecule has 1 aromatic rings. The van der Waals surface area contributed by atoms with Crippen molar-refractivity contribution in [2.45, 2.75) is 6.92 Å². The predicted octanol–water partition coefficient (Wildman–Crippen LogP) is 0.896. The molecule has 0 aliphatic carbocycles. The SMILES string of the molecule is CCS(=O)(=O)CC(=O)Nc1cccc(N2CCOCC2)c1. The van der Waals surface area contributed by atoms with Gasteiger partial charge in [0.05, 0.1) is 13.2 Å². The van der Waals surface area contributed by atoms with E-state index in [0.717, 1.165) is 18.8 Å². The predicted molar refractivity (Wildman–Crippen MR) is 82.4 cm³/mol. The zero-order chi connectivity index (χ0) is 15.3. The zero-order valence-electron chi connectivity index (χ0n) is 12.0.